The lowest BCUT2D eigenvalue weighted by atomic mass is 9.99. The van der Waals surface area contributed by atoms with Crippen LogP contribution in [0.15, 0.2) is 67.1 Å². The Kier molecular flexibility index (Phi) is 5.77. The van der Waals surface area contributed by atoms with Crippen molar-refractivity contribution in [2.75, 3.05) is 25.5 Å². The third-order valence-electron chi connectivity index (χ3n) is 6.68. The van der Waals surface area contributed by atoms with Crippen LogP contribution in [-0.4, -0.2) is 46.1 Å². The number of aromatic amines is 1. The van der Waals surface area contributed by atoms with Gasteiger partial charge in [0.05, 0.1) is 12.8 Å². The highest BCUT2D eigenvalue weighted by Gasteiger charge is 2.29. The van der Waals surface area contributed by atoms with Gasteiger partial charge < -0.3 is 24.7 Å². The second kappa shape index (κ2) is 9.37. The zero-order chi connectivity index (χ0) is 24.5. The van der Waals surface area contributed by atoms with Crippen LogP contribution in [0.2, 0.25) is 0 Å². The summed E-state index contributed by atoms with van der Waals surface area (Å²) in [6, 6.07) is 14.6. The number of aromatic nitrogens is 3. The third kappa shape index (κ3) is 4.49. The number of hydrogen-bond donors (Lipinski definition) is 2. The predicted molar refractivity (Wildman–Crippen MR) is 139 cm³/mol. The molecule has 2 aromatic carbocycles. The smallest absolute Gasteiger partial charge is 0.322 e. The third-order valence-corrected chi connectivity index (χ3v) is 6.68. The number of benzene rings is 2. The van der Waals surface area contributed by atoms with E-state index in [1.807, 2.05) is 48.5 Å². The molecule has 1 aliphatic carbocycles. The molecule has 3 heterocycles. The zero-order valence-electron chi connectivity index (χ0n) is 20.0. The molecule has 2 N–H and O–H groups in total. The minimum Gasteiger partial charge on any atom is -0.497 e. The fourth-order valence-electron chi connectivity index (χ4n) is 4.66. The molecule has 1 fully saturated rings. The van der Waals surface area contributed by atoms with Crippen LogP contribution in [-0.2, 0) is 0 Å². The summed E-state index contributed by atoms with van der Waals surface area (Å²) in [6.07, 6.45) is 8.99. The normalized spacial score (nSPS) is 15.5. The number of H-pyrrole nitrogens is 1. The maximum absolute atomic E-state index is 13.0. The number of methoxy groups -OCH3 is 1. The summed E-state index contributed by atoms with van der Waals surface area (Å²) in [5.74, 6) is 2.63. The molecule has 4 aromatic rings. The Morgan fingerprint density at radius 1 is 1.08 bits per heavy atom. The molecule has 0 saturated heterocycles. The van der Waals surface area contributed by atoms with E-state index in [4.69, 9.17) is 9.47 Å². The van der Waals surface area contributed by atoms with Crippen molar-refractivity contribution in [3.05, 3.63) is 78.4 Å². The SMILES string of the molecule is COc1cccc(Oc2cccc(NC(=O)N3CC=C(c4ncnc5[nH]cc(C6CC6)c45)CC3)c2)c1. The molecule has 2 aliphatic rings. The van der Waals surface area contributed by atoms with Crippen molar-refractivity contribution in [2.24, 2.45) is 0 Å². The van der Waals surface area contributed by atoms with E-state index in [9.17, 15) is 4.79 Å². The number of anilines is 1. The molecule has 8 nitrogen and oxygen atoms in total. The first-order chi connectivity index (χ1) is 17.7. The monoisotopic (exact) mass is 481 g/mol. The fourth-order valence-corrected chi connectivity index (χ4v) is 4.66. The largest absolute Gasteiger partial charge is 0.497 e. The van der Waals surface area contributed by atoms with Gasteiger partial charge >= 0.3 is 6.03 Å². The van der Waals surface area contributed by atoms with E-state index in [2.05, 4.69) is 32.5 Å². The van der Waals surface area contributed by atoms with Crippen LogP contribution in [0.1, 0.15) is 36.4 Å². The minimum atomic E-state index is -0.142. The second-order valence-corrected chi connectivity index (χ2v) is 9.13. The Bertz CT molecular complexity index is 1460. The molecular weight excluding hydrogens is 454 g/mol. The summed E-state index contributed by atoms with van der Waals surface area (Å²) in [5.41, 5.74) is 5.04. The zero-order valence-corrected chi connectivity index (χ0v) is 20.0. The van der Waals surface area contributed by atoms with Crippen LogP contribution >= 0.6 is 0 Å². The van der Waals surface area contributed by atoms with Crippen LogP contribution in [0.4, 0.5) is 10.5 Å². The van der Waals surface area contributed by atoms with Crippen LogP contribution in [0.5, 0.6) is 17.2 Å². The van der Waals surface area contributed by atoms with E-state index in [0.717, 1.165) is 28.9 Å². The van der Waals surface area contributed by atoms with Crippen LogP contribution < -0.4 is 14.8 Å². The lowest BCUT2D eigenvalue weighted by Gasteiger charge is -2.27. The Hall–Kier alpha value is -4.33. The van der Waals surface area contributed by atoms with Gasteiger partial charge in [0.1, 0.15) is 29.2 Å². The quantitative estimate of drug-likeness (QED) is 0.355. The first kappa shape index (κ1) is 22.2. The van der Waals surface area contributed by atoms with Gasteiger partial charge in [0.25, 0.3) is 0 Å². The second-order valence-electron chi connectivity index (χ2n) is 9.13. The summed E-state index contributed by atoms with van der Waals surface area (Å²) in [7, 11) is 1.62. The molecule has 6 rings (SSSR count). The molecular formula is C28H27N5O3. The van der Waals surface area contributed by atoms with Gasteiger partial charge in [0.2, 0.25) is 0 Å². The molecule has 182 valence electrons. The van der Waals surface area contributed by atoms with Crippen molar-refractivity contribution in [2.45, 2.75) is 25.2 Å². The van der Waals surface area contributed by atoms with Gasteiger partial charge in [0, 0.05) is 42.5 Å². The molecule has 2 amide bonds. The average Bonchev–Trinajstić information content (AvgIpc) is 3.67. The molecule has 36 heavy (non-hydrogen) atoms. The molecule has 0 radical (unpaired) electrons. The number of fused-ring (bicyclic) bond motifs is 1. The lowest BCUT2D eigenvalue weighted by Crippen LogP contribution is -2.37. The fraction of sp³-hybridized carbons (Fsp3) is 0.250. The Morgan fingerprint density at radius 2 is 1.89 bits per heavy atom. The molecule has 8 heteroatoms. The van der Waals surface area contributed by atoms with Crippen molar-refractivity contribution in [3.63, 3.8) is 0 Å². The van der Waals surface area contributed by atoms with Crippen molar-refractivity contribution in [1.29, 1.82) is 0 Å². The Labute approximate surface area is 209 Å². The van der Waals surface area contributed by atoms with Gasteiger partial charge in [-0.15, -0.1) is 0 Å². The molecule has 2 aromatic heterocycles. The van der Waals surface area contributed by atoms with Crippen LogP contribution in [0, 0.1) is 0 Å². The predicted octanol–water partition coefficient (Wildman–Crippen LogP) is 5.96. The van der Waals surface area contributed by atoms with Crippen LogP contribution in [0.25, 0.3) is 16.6 Å². The Morgan fingerprint density at radius 3 is 2.67 bits per heavy atom. The van der Waals surface area contributed by atoms with Crippen molar-refractivity contribution >= 4 is 28.3 Å². The van der Waals surface area contributed by atoms with Gasteiger partial charge in [-0.2, -0.15) is 0 Å². The highest BCUT2D eigenvalue weighted by atomic mass is 16.5. The first-order valence-electron chi connectivity index (χ1n) is 12.2. The van der Waals surface area contributed by atoms with E-state index < -0.39 is 0 Å². The van der Waals surface area contributed by atoms with E-state index in [0.29, 0.717) is 36.2 Å². The number of hydrogen-bond acceptors (Lipinski definition) is 5. The van der Waals surface area contributed by atoms with Crippen molar-refractivity contribution < 1.29 is 14.3 Å². The number of carbonyl (C=O) groups excluding carboxylic acids is 1. The van der Waals surface area contributed by atoms with E-state index in [-0.39, 0.29) is 6.03 Å². The molecule has 0 spiro atoms. The number of carbonyl (C=O) groups is 1. The van der Waals surface area contributed by atoms with E-state index in [1.165, 1.54) is 24.0 Å². The van der Waals surface area contributed by atoms with Crippen LogP contribution in [0.3, 0.4) is 0 Å². The summed E-state index contributed by atoms with van der Waals surface area (Å²) in [5, 5.41) is 4.13. The van der Waals surface area contributed by atoms with E-state index >= 15 is 0 Å². The summed E-state index contributed by atoms with van der Waals surface area (Å²) < 4.78 is 11.2. The number of nitrogens with one attached hydrogen (secondary N) is 2. The maximum Gasteiger partial charge on any atom is 0.322 e. The number of amides is 2. The molecule has 0 unspecified atom stereocenters. The van der Waals surface area contributed by atoms with Gasteiger partial charge in [-0.05, 0) is 60.6 Å². The Balaban J connectivity index is 1.13. The average molecular weight is 482 g/mol. The van der Waals surface area contributed by atoms with Gasteiger partial charge in [-0.3, -0.25) is 0 Å². The molecule has 1 aliphatic heterocycles. The number of ether oxygens (including phenoxy) is 2. The lowest BCUT2D eigenvalue weighted by molar-refractivity contribution is 0.217. The molecule has 0 bridgehead atoms. The van der Waals surface area contributed by atoms with Gasteiger partial charge in [-0.1, -0.05) is 18.2 Å². The molecule has 1 saturated carbocycles. The maximum atomic E-state index is 13.0. The highest BCUT2D eigenvalue weighted by molar-refractivity contribution is 5.93. The number of rotatable bonds is 6. The summed E-state index contributed by atoms with van der Waals surface area (Å²) >= 11 is 0. The topological polar surface area (TPSA) is 92.4 Å². The van der Waals surface area contributed by atoms with Gasteiger partial charge in [0.15, 0.2) is 0 Å². The summed E-state index contributed by atoms with van der Waals surface area (Å²) in [4.78, 5) is 27.1. The standard InChI is InChI=1S/C28H27N5O3/c1-35-21-5-3-7-23(15-21)36-22-6-2-4-20(14-22)32-28(34)33-12-10-19(11-13-33)26-25-24(18-8-9-18)16-29-27(25)31-17-30-26/h2-7,10,14-18H,8-9,11-13H2,1H3,(H,32,34)(H,29,30,31). The van der Waals surface area contributed by atoms with E-state index in [1.54, 1.807) is 18.3 Å². The highest BCUT2D eigenvalue weighted by Crippen LogP contribution is 2.44. The van der Waals surface area contributed by atoms with Crippen molar-refractivity contribution in [1.82, 2.24) is 19.9 Å². The first-order valence-corrected chi connectivity index (χ1v) is 12.2. The number of nitrogens with zero attached hydrogens (tertiary/aromatic N) is 3. The van der Waals surface area contributed by atoms with Crippen molar-refractivity contribution in [3.8, 4) is 17.2 Å². The molecule has 0 atom stereocenters. The summed E-state index contributed by atoms with van der Waals surface area (Å²) in [6.45, 7) is 1.14. The van der Waals surface area contributed by atoms with Gasteiger partial charge in [-0.25, -0.2) is 14.8 Å². The number of urea groups is 1. The minimum absolute atomic E-state index is 0.142.